The molecule has 0 aliphatic heterocycles. The number of para-hydroxylation sites is 1. The molecule has 0 spiro atoms. The number of rotatable bonds is 7. The minimum Gasteiger partial charge on any atom is -0.435 e. The van der Waals surface area contributed by atoms with Crippen LogP contribution in [-0.4, -0.2) is 22.1 Å². The van der Waals surface area contributed by atoms with Crippen molar-refractivity contribution in [1.82, 2.24) is 14.9 Å². The Morgan fingerprint density at radius 3 is 2.61 bits per heavy atom. The number of carbonyl (C=O) groups is 1. The van der Waals surface area contributed by atoms with Crippen molar-refractivity contribution < 1.29 is 18.3 Å². The highest BCUT2D eigenvalue weighted by Gasteiger charge is 2.12. The molecule has 1 atom stereocenters. The molecular formula is C20H19F2N3O3. The van der Waals surface area contributed by atoms with Crippen LogP contribution in [-0.2, 0) is 11.3 Å². The van der Waals surface area contributed by atoms with Gasteiger partial charge in [0.05, 0.1) is 23.3 Å². The summed E-state index contributed by atoms with van der Waals surface area (Å²) in [5.41, 5.74) is 1.17. The van der Waals surface area contributed by atoms with Gasteiger partial charge in [0.1, 0.15) is 5.75 Å². The van der Waals surface area contributed by atoms with Gasteiger partial charge in [-0.15, -0.1) is 0 Å². The molecule has 0 aliphatic rings. The highest BCUT2D eigenvalue weighted by atomic mass is 19.3. The molecule has 1 amide bonds. The number of carbonyl (C=O) groups excluding carboxylic acids is 1. The predicted molar refractivity (Wildman–Crippen MR) is 100 cm³/mol. The third kappa shape index (κ3) is 4.70. The van der Waals surface area contributed by atoms with Crippen LogP contribution in [0.5, 0.6) is 5.75 Å². The molecule has 146 valence electrons. The van der Waals surface area contributed by atoms with E-state index in [4.69, 9.17) is 0 Å². The Morgan fingerprint density at radius 1 is 1.18 bits per heavy atom. The third-order valence-electron chi connectivity index (χ3n) is 4.29. The first-order valence-electron chi connectivity index (χ1n) is 8.72. The lowest BCUT2D eigenvalue weighted by Gasteiger charge is -2.15. The summed E-state index contributed by atoms with van der Waals surface area (Å²) in [5.74, 6) is -0.180. The molecule has 0 radical (unpaired) electrons. The summed E-state index contributed by atoms with van der Waals surface area (Å²) in [6, 6.07) is 12.8. The van der Waals surface area contributed by atoms with Gasteiger partial charge in [0.2, 0.25) is 5.91 Å². The monoisotopic (exact) mass is 387 g/mol. The maximum absolute atomic E-state index is 12.4. The molecule has 1 heterocycles. The summed E-state index contributed by atoms with van der Waals surface area (Å²) >= 11 is 0. The van der Waals surface area contributed by atoms with Crippen LogP contribution < -0.4 is 15.6 Å². The zero-order valence-corrected chi connectivity index (χ0v) is 15.1. The zero-order chi connectivity index (χ0) is 20.1. The Labute approximate surface area is 159 Å². The van der Waals surface area contributed by atoms with Crippen LogP contribution in [0, 0.1) is 0 Å². The molecule has 0 fully saturated rings. The average molecular weight is 387 g/mol. The molecule has 0 bridgehead atoms. The van der Waals surface area contributed by atoms with Gasteiger partial charge in [-0.05, 0) is 36.8 Å². The second-order valence-electron chi connectivity index (χ2n) is 6.25. The summed E-state index contributed by atoms with van der Waals surface area (Å²) in [5, 5.41) is 3.32. The van der Waals surface area contributed by atoms with Crippen LogP contribution in [0.3, 0.4) is 0 Å². The number of nitrogens with one attached hydrogen (secondary N) is 1. The van der Waals surface area contributed by atoms with Crippen molar-refractivity contribution in [1.29, 1.82) is 0 Å². The van der Waals surface area contributed by atoms with Crippen LogP contribution in [0.15, 0.2) is 59.7 Å². The van der Waals surface area contributed by atoms with Gasteiger partial charge < -0.3 is 10.1 Å². The van der Waals surface area contributed by atoms with Crippen LogP contribution in [0.2, 0.25) is 0 Å². The lowest BCUT2D eigenvalue weighted by Crippen LogP contribution is -2.29. The Kier molecular flexibility index (Phi) is 5.98. The standard InChI is InChI=1S/C20H19F2N3O3/c1-13(14-6-8-15(9-7-14)28-20(21)22)24-18(26)10-11-25-12-23-17-5-3-2-4-16(17)19(25)27/h2-9,12-13,20H,10-11H2,1H3,(H,24,26). The van der Waals surface area contributed by atoms with E-state index in [1.165, 1.54) is 23.0 Å². The van der Waals surface area contributed by atoms with Gasteiger partial charge >= 0.3 is 6.61 Å². The molecule has 0 aliphatic carbocycles. The number of ether oxygens (including phenoxy) is 1. The van der Waals surface area contributed by atoms with E-state index < -0.39 is 6.61 Å². The van der Waals surface area contributed by atoms with Crippen LogP contribution in [0.4, 0.5) is 8.78 Å². The van der Waals surface area contributed by atoms with Crippen molar-refractivity contribution >= 4 is 16.8 Å². The fourth-order valence-corrected chi connectivity index (χ4v) is 2.82. The molecular weight excluding hydrogens is 368 g/mol. The highest BCUT2D eigenvalue weighted by molar-refractivity contribution is 5.77. The van der Waals surface area contributed by atoms with Gasteiger partial charge in [0.25, 0.3) is 5.56 Å². The van der Waals surface area contributed by atoms with Gasteiger partial charge in [0.15, 0.2) is 0 Å². The molecule has 8 heteroatoms. The van der Waals surface area contributed by atoms with E-state index in [0.29, 0.717) is 10.9 Å². The summed E-state index contributed by atoms with van der Waals surface area (Å²) in [7, 11) is 0. The Bertz CT molecular complexity index is 1020. The number of nitrogens with zero attached hydrogens (tertiary/aromatic N) is 2. The van der Waals surface area contributed by atoms with E-state index in [1.54, 1.807) is 43.3 Å². The van der Waals surface area contributed by atoms with Crippen molar-refractivity contribution in [3.8, 4) is 5.75 Å². The maximum Gasteiger partial charge on any atom is 0.387 e. The topological polar surface area (TPSA) is 73.2 Å². The van der Waals surface area contributed by atoms with E-state index in [2.05, 4.69) is 15.0 Å². The summed E-state index contributed by atoms with van der Waals surface area (Å²) in [6.45, 7) is -0.892. The zero-order valence-electron chi connectivity index (χ0n) is 15.1. The van der Waals surface area contributed by atoms with Gasteiger partial charge in [-0.3, -0.25) is 14.2 Å². The second kappa shape index (κ2) is 8.60. The molecule has 6 nitrogen and oxygen atoms in total. The minimum atomic E-state index is -2.88. The maximum atomic E-state index is 12.4. The highest BCUT2D eigenvalue weighted by Crippen LogP contribution is 2.19. The number of hydrogen-bond acceptors (Lipinski definition) is 4. The minimum absolute atomic E-state index is 0.0560. The number of hydrogen-bond donors (Lipinski definition) is 1. The number of benzene rings is 2. The van der Waals surface area contributed by atoms with Crippen molar-refractivity contribution in [3.63, 3.8) is 0 Å². The number of alkyl halides is 2. The summed E-state index contributed by atoms with van der Waals surface area (Å²) < 4.78 is 30.1. The van der Waals surface area contributed by atoms with Crippen LogP contribution in [0.25, 0.3) is 10.9 Å². The molecule has 1 aromatic heterocycles. The number of aryl methyl sites for hydroxylation is 1. The number of amides is 1. The van der Waals surface area contributed by atoms with E-state index in [9.17, 15) is 18.4 Å². The first-order chi connectivity index (χ1) is 13.4. The van der Waals surface area contributed by atoms with Crippen molar-refractivity contribution in [3.05, 3.63) is 70.8 Å². The Balaban J connectivity index is 1.58. The molecule has 2 aromatic carbocycles. The lowest BCUT2D eigenvalue weighted by atomic mass is 10.1. The summed E-state index contributed by atoms with van der Waals surface area (Å²) in [6.07, 6.45) is 1.54. The number of aromatic nitrogens is 2. The fourth-order valence-electron chi connectivity index (χ4n) is 2.82. The van der Waals surface area contributed by atoms with Gasteiger partial charge in [-0.2, -0.15) is 8.78 Å². The average Bonchev–Trinajstić information content (AvgIpc) is 2.67. The molecule has 0 saturated carbocycles. The van der Waals surface area contributed by atoms with Crippen LogP contribution in [0.1, 0.15) is 24.9 Å². The summed E-state index contributed by atoms with van der Waals surface area (Å²) in [4.78, 5) is 28.9. The Hall–Kier alpha value is -3.29. The smallest absolute Gasteiger partial charge is 0.387 e. The van der Waals surface area contributed by atoms with E-state index in [1.807, 2.05) is 0 Å². The van der Waals surface area contributed by atoms with Crippen molar-refractivity contribution in [2.75, 3.05) is 0 Å². The quantitative estimate of drug-likeness (QED) is 0.675. The Morgan fingerprint density at radius 2 is 1.89 bits per heavy atom. The number of fused-ring (bicyclic) bond motifs is 1. The molecule has 0 saturated heterocycles. The molecule has 3 aromatic rings. The molecule has 1 N–H and O–H groups in total. The third-order valence-corrected chi connectivity index (χ3v) is 4.29. The molecule has 28 heavy (non-hydrogen) atoms. The van der Waals surface area contributed by atoms with Gasteiger partial charge in [-0.1, -0.05) is 24.3 Å². The fraction of sp³-hybridized carbons (Fsp3) is 0.250. The first-order valence-corrected chi connectivity index (χ1v) is 8.72. The SMILES string of the molecule is CC(NC(=O)CCn1cnc2ccccc2c1=O)c1ccc(OC(F)F)cc1. The van der Waals surface area contributed by atoms with E-state index in [-0.39, 0.29) is 36.2 Å². The van der Waals surface area contributed by atoms with Crippen molar-refractivity contribution in [2.45, 2.75) is 32.5 Å². The van der Waals surface area contributed by atoms with Crippen molar-refractivity contribution in [2.24, 2.45) is 0 Å². The lowest BCUT2D eigenvalue weighted by molar-refractivity contribution is -0.122. The largest absolute Gasteiger partial charge is 0.435 e. The predicted octanol–water partition coefficient (Wildman–Crippen LogP) is 3.27. The van der Waals surface area contributed by atoms with Gasteiger partial charge in [0, 0.05) is 13.0 Å². The van der Waals surface area contributed by atoms with Crippen LogP contribution >= 0.6 is 0 Å². The van der Waals surface area contributed by atoms with E-state index in [0.717, 1.165) is 5.56 Å². The number of halogens is 2. The first kappa shape index (κ1) is 19.5. The second-order valence-corrected chi connectivity index (χ2v) is 6.25. The normalized spacial score (nSPS) is 12.1. The molecule has 1 unspecified atom stereocenters. The molecule has 3 rings (SSSR count). The van der Waals surface area contributed by atoms with E-state index >= 15 is 0 Å². The van der Waals surface area contributed by atoms with Gasteiger partial charge in [-0.25, -0.2) is 4.98 Å².